The Kier molecular flexibility index (Phi) is 7.67. The van der Waals surface area contributed by atoms with Crippen LogP contribution in [0.3, 0.4) is 0 Å². The molecule has 2 rings (SSSR count). The van der Waals surface area contributed by atoms with Crippen LogP contribution in [0.5, 0.6) is 11.5 Å². The van der Waals surface area contributed by atoms with Gasteiger partial charge in [-0.25, -0.2) is 10.2 Å². The van der Waals surface area contributed by atoms with Gasteiger partial charge in [0.05, 0.1) is 23.4 Å². The van der Waals surface area contributed by atoms with Gasteiger partial charge in [-0.2, -0.15) is 5.10 Å². The number of nitrogens with zero attached hydrogens (tertiary/aromatic N) is 1. The van der Waals surface area contributed by atoms with Crippen molar-refractivity contribution in [2.24, 2.45) is 5.10 Å². The van der Waals surface area contributed by atoms with Crippen LogP contribution < -0.4 is 20.2 Å². The molecule has 0 heterocycles. The summed E-state index contributed by atoms with van der Waals surface area (Å²) in [4.78, 5) is 12.0. The molecule has 0 aliphatic carbocycles. The minimum atomic E-state index is -0.413. The number of aryl methyl sites for hydroxylation is 1. The normalized spacial score (nSPS) is 10.9. The summed E-state index contributed by atoms with van der Waals surface area (Å²) in [6.45, 7) is 8.25. The van der Waals surface area contributed by atoms with Crippen LogP contribution in [0, 0.1) is 6.92 Å². The van der Waals surface area contributed by atoms with Gasteiger partial charge in [-0.3, -0.25) is 0 Å². The highest BCUT2D eigenvalue weighted by molar-refractivity contribution is 9.10. The van der Waals surface area contributed by atoms with Gasteiger partial charge < -0.3 is 14.8 Å². The molecule has 0 saturated heterocycles. The van der Waals surface area contributed by atoms with Gasteiger partial charge in [0.15, 0.2) is 11.5 Å². The minimum absolute atomic E-state index is 0.0202. The number of halogens is 1. The van der Waals surface area contributed by atoms with Gasteiger partial charge in [-0.05, 0) is 73.0 Å². The maximum atomic E-state index is 12.0. The standard InChI is InChI=1S/C20H24BrN3O3/c1-5-26-18-11-15(10-16(21)19(18)27-13(2)3)12-22-24-20(25)23-17-9-7-6-8-14(17)4/h6-13H,5H2,1-4H3,(H2,23,24,25). The van der Waals surface area contributed by atoms with Crippen LogP contribution in [0.1, 0.15) is 31.9 Å². The Morgan fingerprint density at radius 1 is 1.30 bits per heavy atom. The Morgan fingerprint density at radius 2 is 2.04 bits per heavy atom. The summed E-state index contributed by atoms with van der Waals surface area (Å²) < 4.78 is 12.2. The lowest BCUT2D eigenvalue weighted by Gasteiger charge is -2.16. The molecule has 27 heavy (non-hydrogen) atoms. The predicted molar refractivity (Wildman–Crippen MR) is 112 cm³/mol. The summed E-state index contributed by atoms with van der Waals surface area (Å²) in [7, 11) is 0. The number of hydrazone groups is 1. The molecule has 0 radical (unpaired) electrons. The Balaban J connectivity index is 2.07. The Labute approximate surface area is 168 Å². The van der Waals surface area contributed by atoms with E-state index in [-0.39, 0.29) is 6.10 Å². The van der Waals surface area contributed by atoms with Gasteiger partial charge in [0, 0.05) is 5.69 Å². The Bertz CT molecular complexity index is 822. The number of hydrogen-bond acceptors (Lipinski definition) is 4. The van der Waals surface area contributed by atoms with Gasteiger partial charge in [0.1, 0.15) is 0 Å². The van der Waals surface area contributed by atoms with Crippen molar-refractivity contribution in [3.8, 4) is 11.5 Å². The average Bonchev–Trinajstić information content (AvgIpc) is 2.60. The van der Waals surface area contributed by atoms with Crippen molar-refractivity contribution in [1.82, 2.24) is 5.43 Å². The number of rotatable bonds is 7. The van der Waals surface area contributed by atoms with E-state index in [1.807, 2.05) is 64.1 Å². The maximum absolute atomic E-state index is 12.0. The molecular weight excluding hydrogens is 410 g/mol. The molecule has 0 atom stereocenters. The number of nitrogens with one attached hydrogen (secondary N) is 2. The third-order valence-corrected chi connectivity index (χ3v) is 4.05. The monoisotopic (exact) mass is 433 g/mol. The fourth-order valence-corrected chi connectivity index (χ4v) is 2.86. The number of benzene rings is 2. The van der Waals surface area contributed by atoms with Gasteiger partial charge in [-0.1, -0.05) is 18.2 Å². The fraction of sp³-hybridized carbons (Fsp3) is 0.300. The van der Waals surface area contributed by atoms with Crippen LogP contribution in [-0.4, -0.2) is 25.0 Å². The van der Waals surface area contributed by atoms with Crippen molar-refractivity contribution in [3.05, 3.63) is 52.0 Å². The van der Waals surface area contributed by atoms with E-state index >= 15 is 0 Å². The van der Waals surface area contributed by atoms with E-state index in [0.29, 0.717) is 18.1 Å². The lowest BCUT2D eigenvalue weighted by molar-refractivity contribution is 0.222. The van der Waals surface area contributed by atoms with Crippen LogP contribution in [0.15, 0.2) is 46.0 Å². The number of para-hydroxylation sites is 1. The number of amides is 2. The summed E-state index contributed by atoms with van der Waals surface area (Å²) >= 11 is 3.50. The summed E-state index contributed by atoms with van der Waals surface area (Å²) in [5, 5.41) is 6.75. The fourth-order valence-electron chi connectivity index (χ4n) is 2.30. The molecule has 0 aliphatic rings. The largest absolute Gasteiger partial charge is 0.490 e. The molecule has 0 bridgehead atoms. The van der Waals surface area contributed by atoms with Crippen molar-refractivity contribution in [2.75, 3.05) is 11.9 Å². The van der Waals surface area contributed by atoms with E-state index in [4.69, 9.17) is 9.47 Å². The van der Waals surface area contributed by atoms with Crippen LogP contribution in [0.25, 0.3) is 0 Å². The summed E-state index contributed by atoms with van der Waals surface area (Å²) in [6, 6.07) is 10.8. The van der Waals surface area contributed by atoms with Crippen molar-refractivity contribution in [3.63, 3.8) is 0 Å². The lowest BCUT2D eigenvalue weighted by atomic mass is 10.2. The predicted octanol–water partition coefficient (Wildman–Crippen LogP) is 5.10. The molecule has 2 aromatic rings. The number of anilines is 1. The zero-order valence-electron chi connectivity index (χ0n) is 15.9. The van der Waals surface area contributed by atoms with Crippen LogP contribution in [-0.2, 0) is 0 Å². The number of ether oxygens (including phenoxy) is 2. The van der Waals surface area contributed by atoms with E-state index in [1.54, 1.807) is 6.21 Å². The van der Waals surface area contributed by atoms with Gasteiger partial charge >= 0.3 is 6.03 Å². The quantitative estimate of drug-likeness (QED) is 0.471. The average molecular weight is 434 g/mol. The Morgan fingerprint density at radius 3 is 2.70 bits per heavy atom. The van der Waals surface area contributed by atoms with Gasteiger partial charge in [0.25, 0.3) is 0 Å². The summed E-state index contributed by atoms with van der Waals surface area (Å²) in [6.07, 6.45) is 1.57. The van der Waals surface area contributed by atoms with Crippen LogP contribution in [0.2, 0.25) is 0 Å². The van der Waals surface area contributed by atoms with E-state index in [0.717, 1.165) is 21.3 Å². The number of carbonyl (C=O) groups excluding carboxylic acids is 1. The first-order valence-corrected chi connectivity index (χ1v) is 9.48. The van der Waals surface area contributed by atoms with Gasteiger partial charge in [0.2, 0.25) is 0 Å². The van der Waals surface area contributed by atoms with E-state index < -0.39 is 6.03 Å². The molecule has 0 saturated carbocycles. The number of carbonyl (C=O) groups is 1. The second-order valence-corrected chi connectivity index (χ2v) is 6.92. The molecule has 0 spiro atoms. The second-order valence-electron chi connectivity index (χ2n) is 6.07. The summed E-state index contributed by atoms with van der Waals surface area (Å²) in [5.41, 5.74) is 4.93. The molecule has 0 fully saturated rings. The van der Waals surface area contributed by atoms with Crippen molar-refractivity contribution in [2.45, 2.75) is 33.8 Å². The first-order chi connectivity index (χ1) is 12.9. The minimum Gasteiger partial charge on any atom is -0.490 e. The lowest BCUT2D eigenvalue weighted by Crippen LogP contribution is -2.24. The highest BCUT2D eigenvalue weighted by atomic mass is 79.9. The molecule has 6 nitrogen and oxygen atoms in total. The molecule has 2 amide bonds. The number of urea groups is 1. The van der Waals surface area contributed by atoms with Crippen LogP contribution in [0.4, 0.5) is 10.5 Å². The molecule has 2 aromatic carbocycles. The zero-order chi connectivity index (χ0) is 19.8. The van der Waals surface area contributed by atoms with Crippen molar-refractivity contribution >= 4 is 33.9 Å². The molecule has 0 unspecified atom stereocenters. The van der Waals surface area contributed by atoms with Crippen molar-refractivity contribution < 1.29 is 14.3 Å². The molecule has 144 valence electrons. The third kappa shape index (κ3) is 6.29. The molecular formula is C20H24BrN3O3. The highest BCUT2D eigenvalue weighted by Gasteiger charge is 2.13. The van der Waals surface area contributed by atoms with Crippen LogP contribution >= 0.6 is 15.9 Å². The van der Waals surface area contributed by atoms with E-state index in [2.05, 4.69) is 31.8 Å². The molecule has 2 N–H and O–H groups in total. The Hall–Kier alpha value is -2.54. The maximum Gasteiger partial charge on any atom is 0.339 e. The number of hydrogen-bond donors (Lipinski definition) is 2. The van der Waals surface area contributed by atoms with Crippen molar-refractivity contribution in [1.29, 1.82) is 0 Å². The second kappa shape index (κ2) is 9.97. The SMILES string of the molecule is CCOc1cc(C=NNC(=O)Nc2ccccc2C)cc(Br)c1OC(C)C. The zero-order valence-corrected chi connectivity index (χ0v) is 17.5. The smallest absolute Gasteiger partial charge is 0.339 e. The van der Waals surface area contributed by atoms with E-state index in [9.17, 15) is 4.79 Å². The first kappa shape index (κ1) is 20.8. The van der Waals surface area contributed by atoms with Gasteiger partial charge in [-0.15, -0.1) is 0 Å². The highest BCUT2D eigenvalue weighted by Crippen LogP contribution is 2.37. The molecule has 7 heteroatoms. The first-order valence-electron chi connectivity index (χ1n) is 8.69. The molecule has 0 aromatic heterocycles. The summed E-state index contributed by atoms with van der Waals surface area (Å²) in [5.74, 6) is 1.26. The van der Waals surface area contributed by atoms with E-state index in [1.165, 1.54) is 0 Å². The molecule has 0 aliphatic heterocycles. The topological polar surface area (TPSA) is 72.0 Å². The third-order valence-electron chi connectivity index (χ3n) is 3.46.